The van der Waals surface area contributed by atoms with Gasteiger partial charge in [0.1, 0.15) is 17.2 Å². The van der Waals surface area contributed by atoms with Gasteiger partial charge < -0.3 is 29.3 Å². The molecule has 0 aliphatic heterocycles. The maximum atomic E-state index is 12.6. The number of aromatic nitrogens is 1. The minimum atomic E-state index is -0.374. The normalized spacial score (nSPS) is 10.3. The third-order valence-electron chi connectivity index (χ3n) is 4.29. The molecule has 1 heterocycles. The van der Waals surface area contributed by atoms with Crippen molar-refractivity contribution in [3.63, 3.8) is 0 Å². The van der Waals surface area contributed by atoms with Gasteiger partial charge in [0.2, 0.25) is 5.76 Å². The van der Waals surface area contributed by atoms with Crippen LogP contribution in [-0.2, 0) is 6.54 Å². The predicted octanol–water partition coefficient (Wildman–Crippen LogP) is 3.68. The monoisotopic (exact) mass is 397 g/mol. The van der Waals surface area contributed by atoms with Crippen molar-refractivity contribution in [3.8, 4) is 17.2 Å². The summed E-state index contributed by atoms with van der Waals surface area (Å²) >= 11 is 0. The third-order valence-corrected chi connectivity index (χ3v) is 4.29. The number of amides is 1. The molecule has 0 unspecified atom stereocenters. The van der Waals surface area contributed by atoms with E-state index in [9.17, 15) is 4.79 Å². The number of carbonyl (C=O) groups is 1. The first-order valence-electron chi connectivity index (χ1n) is 8.92. The van der Waals surface area contributed by atoms with Gasteiger partial charge in [0, 0.05) is 18.2 Å². The van der Waals surface area contributed by atoms with E-state index in [-0.39, 0.29) is 24.2 Å². The molecule has 0 saturated heterocycles. The zero-order chi connectivity index (χ0) is 20.8. The minimum Gasteiger partial charge on any atom is -0.497 e. The number of nitrogens with one attached hydrogen (secondary N) is 2. The van der Waals surface area contributed by atoms with E-state index in [1.807, 2.05) is 30.3 Å². The molecular formula is C21H23N3O5. The Hall–Kier alpha value is -3.68. The molecular weight excluding hydrogens is 374 g/mol. The lowest BCUT2D eigenvalue weighted by Crippen LogP contribution is -2.23. The number of benzene rings is 2. The second kappa shape index (κ2) is 9.01. The predicted molar refractivity (Wildman–Crippen MR) is 108 cm³/mol. The van der Waals surface area contributed by atoms with Crippen LogP contribution in [0.1, 0.15) is 21.8 Å². The molecule has 3 rings (SSSR count). The fourth-order valence-electron chi connectivity index (χ4n) is 2.78. The highest BCUT2D eigenvalue weighted by molar-refractivity contribution is 5.92. The lowest BCUT2D eigenvalue weighted by Gasteiger charge is -2.11. The summed E-state index contributed by atoms with van der Waals surface area (Å²) in [4.78, 5) is 16.9. The zero-order valence-electron chi connectivity index (χ0n) is 16.7. The van der Waals surface area contributed by atoms with Crippen molar-refractivity contribution in [1.82, 2.24) is 10.3 Å². The standard InChI is InChI=1S/C21H23N3O5/c1-13-19(29-21(23-13)24-16-7-5-6-8-17(16)27-3)20(25)22-12-14-9-10-15(26-2)11-18(14)28-4/h5-11H,12H2,1-4H3,(H,22,25)(H,23,24). The number of anilines is 2. The fraction of sp³-hybridized carbons (Fsp3) is 0.238. The van der Waals surface area contributed by atoms with Crippen molar-refractivity contribution in [2.45, 2.75) is 13.5 Å². The SMILES string of the molecule is COc1ccc(CNC(=O)c2oc(Nc3ccccc3OC)nc2C)c(OC)c1. The molecule has 8 nitrogen and oxygen atoms in total. The lowest BCUT2D eigenvalue weighted by molar-refractivity contribution is 0.0923. The Morgan fingerprint density at radius 2 is 1.79 bits per heavy atom. The quantitative estimate of drug-likeness (QED) is 0.599. The van der Waals surface area contributed by atoms with Crippen molar-refractivity contribution < 1.29 is 23.4 Å². The van der Waals surface area contributed by atoms with E-state index in [0.717, 1.165) is 5.56 Å². The molecule has 0 spiro atoms. The number of hydrogen-bond donors (Lipinski definition) is 2. The summed E-state index contributed by atoms with van der Waals surface area (Å²) in [7, 11) is 4.73. The molecule has 0 radical (unpaired) electrons. The van der Waals surface area contributed by atoms with Crippen LogP contribution in [0.25, 0.3) is 0 Å². The molecule has 1 amide bonds. The number of hydrogen-bond acceptors (Lipinski definition) is 7. The molecule has 29 heavy (non-hydrogen) atoms. The van der Waals surface area contributed by atoms with Gasteiger partial charge in [-0.3, -0.25) is 4.79 Å². The second-order valence-electron chi connectivity index (χ2n) is 6.12. The smallest absolute Gasteiger partial charge is 0.300 e. The van der Waals surface area contributed by atoms with Gasteiger partial charge in [0.05, 0.1) is 32.7 Å². The summed E-state index contributed by atoms with van der Waals surface area (Å²) in [5.74, 6) is 1.70. The molecule has 8 heteroatoms. The average molecular weight is 397 g/mol. The molecule has 0 atom stereocenters. The molecule has 0 aliphatic carbocycles. The van der Waals surface area contributed by atoms with Crippen LogP contribution < -0.4 is 24.8 Å². The Balaban J connectivity index is 1.71. The van der Waals surface area contributed by atoms with E-state index in [0.29, 0.717) is 28.6 Å². The largest absolute Gasteiger partial charge is 0.497 e. The molecule has 3 aromatic rings. The molecule has 0 aliphatic rings. The minimum absolute atomic E-state index is 0.134. The van der Waals surface area contributed by atoms with E-state index in [4.69, 9.17) is 18.6 Å². The van der Waals surface area contributed by atoms with Crippen molar-refractivity contribution in [3.05, 3.63) is 59.5 Å². The molecule has 2 aromatic carbocycles. The maximum absolute atomic E-state index is 12.6. The molecule has 1 aromatic heterocycles. The Kier molecular flexibility index (Phi) is 6.23. The van der Waals surface area contributed by atoms with Crippen molar-refractivity contribution in [2.24, 2.45) is 0 Å². The van der Waals surface area contributed by atoms with Crippen LogP contribution in [0.3, 0.4) is 0 Å². The number of nitrogens with zero attached hydrogens (tertiary/aromatic N) is 1. The summed E-state index contributed by atoms with van der Waals surface area (Å²) in [5.41, 5.74) is 1.97. The van der Waals surface area contributed by atoms with Crippen LogP contribution in [0.15, 0.2) is 46.9 Å². The van der Waals surface area contributed by atoms with Gasteiger partial charge in [-0.2, -0.15) is 4.98 Å². The number of carbonyl (C=O) groups excluding carboxylic acids is 1. The fourth-order valence-corrected chi connectivity index (χ4v) is 2.78. The van der Waals surface area contributed by atoms with Gasteiger partial charge in [-0.05, 0) is 31.2 Å². The molecule has 0 bridgehead atoms. The van der Waals surface area contributed by atoms with Crippen LogP contribution in [0.2, 0.25) is 0 Å². The number of rotatable bonds is 8. The number of aryl methyl sites for hydroxylation is 1. The number of methoxy groups -OCH3 is 3. The van der Waals surface area contributed by atoms with Crippen LogP contribution >= 0.6 is 0 Å². The Bertz CT molecular complexity index is 1000. The van der Waals surface area contributed by atoms with Gasteiger partial charge in [0.15, 0.2) is 0 Å². The zero-order valence-corrected chi connectivity index (χ0v) is 16.7. The van der Waals surface area contributed by atoms with Gasteiger partial charge in [-0.25, -0.2) is 0 Å². The summed E-state index contributed by atoms with van der Waals surface area (Å²) in [6, 6.07) is 13.0. The van der Waals surface area contributed by atoms with Gasteiger partial charge >= 0.3 is 0 Å². The van der Waals surface area contributed by atoms with E-state index < -0.39 is 0 Å². The Morgan fingerprint density at radius 3 is 2.52 bits per heavy atom. The van der Waals surface area contributed by atoms with Crippen LogP contribution in [0.4, 0.5) is 11.7 Å². The van der Waals surface area contributed by atoms with Gasteiger partial charge in [-0.15, -0.1) is 0 Å². The summed E-state index contributed by atoms with van der Waals surface area (Å²) < 4.78 is 21.5. The van der Waals surface area contributed by atoms with Crippen molar-refractivity contribution in [2.75, 3.05) is 26.6 Å². The van der Waals surface area contributed by atoms with Crippen LogP contribution in [0, 0.1) is 6.92 Å². The van der Waals surface area contributed by atoms with Gasteiger partial charge in [0.25, 0.3) is 11.9 Å². The van der Waals surface area contributed by atoms with E-state index in [1.165, 1.54) is 0 Å². The first kappa shape index (κ1) is 20.1. The van der Waals surface area contributed by atoms with Crippen LogP contribution in [-0.4, -0.2) is 32.2 Å². The highest BCUT2D eigenvalue weighted by Crippen LogP contribution is 2.28. The first-order chi connectivity index (χ1) is 14.0. The third kappa shape index (κ3) is 4.60. The van der Waals surface area contributed by atoms with Gasteiger partial charge in [-0.1, -0.05) is 12.1 Å². The van der Waals surface area contributed by atoms with E-state index in [1.54, 1.807) is 40.4 Å². The van der Waals surface area contributed by atoms with E-state index in [2.05, 4.69) is 15.6 Å². The number of para-hydroxylation sites is 2. The Labute approximate surface area is 168 Å². The Morgan fingerprint density at radius 1 is 1.03 bits per heavy atom. The summed E-state index contributed by atoms with van der Waals surface area (Å²) in [5, 5.41) is 5.85. The first-order valence-corrected chi connectivity index (χ1v) is 8.92. The maximum Gasteiger partial charge on any atom is 0.300 e. The molecule has 152 valence electrons. The van der Waals surface area contributed by atoms with E-state index >= 15 is 0 Å². The molecule has 2 N–H and O–H groups in total. The van der Waals surface area contributed by atoms with Crippen molar-refractivity contribution >= 4 is 17.6 Å². The molecule has 0 fully saturated rings. The number of ether oxygens (including phenoxy) is 3. The number of oxazole rings is 1. The lowest BCUT2D eigenvalue weighted by atomic mass is 10.2. The highest BCUT2D eigenvalue weighted by Gasteiger charge is 2.18. The average Bonchev–Trinajstić information content (AvgIpc) is 3.12. The van der Waals surface area contributed by atoms with Crippen molar-refractivity contribution in [1.29, 1.82) is 0 Å². The topological polar surface area (TPSA) is 94.9 Å². The summed E-state index contributed by atoms with van der Waals surface area (Å²) in [6.45, 7) is 1.97. The van der Waals surface area contributed by atoms with Crippen LogP contribution in [0.5, 0.6) is 17.2 Å². The molecule has 0 saturated carbocycles. The summed E-state index contributed by atoms with van der Waals surface area (Å²) in [6.07, 6.45) is 0. The highest BCUT2D eigenvalue weighted by atomic mass is 16.5. The second-order valence-corrected chi connectivity index (χ2v) is 6.12.